The first-order valence-electron chi connectivity index (χ1n) is 6.54. The van der Waals surface area contributed by atoms with E-state index >= 15 is 0 Å². The molecule has 0 aliphatic heterocycles. The highest BCUT2D eigenvalue weighted by molar-refractivity contribution is 8.00. The number of nitrogens with one attached hydrogen (secondary N) is 1. The van der Waals surface area contributed by atoms with Crippen LogP contribution in [0.1, 0.15) is 32.6 Å². The van der Waals surface area contributed by atoms with Crippen LogP contribution in [-0.4, -0.2) is 17.8 Å². The average molecular weight is 271 g/mol. The molecule has 0 heterocycles. The minimum absolute atomic E-state index is 0.433. The first kappa shape index (κ1) is 13.8. The molecule has 1 aliphatic rings. The van der Waals surface area contributed by atoms with Gasteiger partial charge in [0.1, 0.15) is 11.6 Å². The summed E-state index contributed by atoms with van der Waals surface area (Å²) in [5, 5.41) is 3.89. The Morgan fingerprint density at radius 1 is 1.33 bits per heavy atom. The van der Waals surface area contributed by atoms with Gasteiger partial charge in [-0.15, -0.1) is 11.8 Å². The minimum Gasteiger partial charge on any atom is -0.314 e. The SMILES string of the molecule is CCNC1CCCC(Sc2ccc(F)cc2F)C1. The van der Waals surface area contributed by atoms with Gasteiger partial charge in [-0.05, 0) is 37.9 Å². The van der Waals surface area contributed by atoms with E-state index in [1.165, 1.54) is 18.9 Å². The van der Waals surface area contributed by atoms with E-state index in [4.69, 9.17) is 0 Å². The minimum atomic E-state index is -0.508. The predicted octanol–water partition coefficient (Wildman–Crippen LogP) is 3.98. The highest BCUT2D eigenvalue weighted by Gasteiger charge is 2.22. The molecule has 2 rings (SSSR count). The molecule has 0 amide bonds. The van der Waals surface area contributed by atoms with Gasteiger partial charge in [0.05, 0.1) is 0 Å². The van der Waals surface area contributed by atoms with Gasteiger partial charge >= 0.3 is 0 Å². The smallest absolute Gasteiger partial charge is 0.139 e. The zero-order valence-electron chi connectivity index (χ0n) is 10.6. The van der Waals surface area contributed by atoms with Crippen LogP contribution in [0.3, 0.4) is 0 Å². The second-order valence-corrected chi connectivity index (χ2v) is 6.08. The molecule has 1 aromatic carbocycles. The van der Waals surface area contributed by atoms with Crippen LogP contribution in [0.5, 0.6) is 0 Å². The van der Waals surface area contributed by atoms with Crippen molar-refractivity contribution in [1.82, 2.24) is 5.32 Å². The molecule has 2 unspecified atom stereocenters. The van der Waals surface area contributed by atoms with Gasteiger partial charge < -0.3 is 5.32 Å². The molecule has 1 aliphatic carbocycles. The highest BCUT2D eigenvalue weighted by atomic mass is 32.2. The molecule has 0 radical (unpaired) electrons. The van der Waals surface area contributed by atoms with Crippen LogP contribution in [0.4, 0.5) is 8.78 Å². The number of hydrogen-bond acceptors (Lipinski definition) is 2. The standard InChI is InChI=1S/C14H19F2NS/c1-2-17-11-4-3-5-12(9-11)18-14-7-6-10(15)8-13(14)16/h6-8,11-12,17H,2-5,9H2,1H3. The topological polar surface area (TPSA) is 12.0 Å². The molecule has 1 fully saturated rings. The Morgan fingerprint density at radius 2 is 2.17 bits per heavy atom. The van der Waals surface area contributed by atoms with E-state index in [0.717, 1.165) is 25.5 Å². The van der Waals surface area contributed by atoms with Crippen LogP contribution in [-0.2, 0) is 0 Å². The fourth-order valence-corrected chi connectivity index (χ4v) is 3.77. The third-order valence-corrected chi connectivity index (χ3v) is 4.65. The van der Waals surface area contributed by atoms with Crippen molar-refractivity contribution in [1.29, 1.82) is 0 Å². The van der Waals surface area contributed by atoms with Crippen molar-refractivity contribution in [2.24, 2.45) is 0 Å². The van der Waals surface area contributed by atoms with Crippen molar-refractivity contribution in [2.45, 2.75) is 48.8 Å². The summed E-state index contributed by atoms with van der Waals surface area (Å²) in [4.78, 5) is 0.568. The van der Waals surface area contributed by atoms with Crippen LogP contribution in [0, 0.1) is 11.6 Å². The molecular weight excluding hydrogens is 252 g/mol. The third kappa shape index (κ3) is 3.69. The fraction of sp³-hybridized carbons (Fsp3) is 0.571. The maximum Gasteiger partial charge on any atom is 0.139 e. The van der Waals surface area contributed by atoms with E-state index in [1.807, 2.05) is 0 Å². The largest absolute Gasteiger partial charge is 0.314 e. The van der Waals surface area contributed by atoms with E-state index in [9.17, 15) is 8.78 Å². The van der Waals surface area contributed by atoms with Crippen LogP contribution >= 0.6 is 11.8 Å². The van der Waals surface area contributed by atoms with Crippen molar-refractivity contribution in [3.05, 3.63) is 29.8 Å². The average Bonchev–Trinajstić information content (AvgIpc) is 2.34. The number of rotatable bonds is 4. The number of thioether (sulfide) groups is 1. The van der Waals surface area contributed by atoms with E-state index in [1.54, 1.807) is 17.8 Å². The Hall–Kier alpha value is -0.610. The first-order valence-corrected chi connectivity index (χ1v) is 7.42. The molecule has 1 aromatic rings. The molecule has 1 nitrogen and oxygen atoms in total. The lowest BCUT2D eigenvalue weighted by molar-refractivity contribution is 0.387. The van der Waals surface area contributed by atoms with Crippen molar-refractivity contribution >= 4 is 11.8 Å². The van der Waals surface area contributed by atoms with E-state index in [-0.39, 0.29) is 0 Å². The monoisotopic (exact) mass is 271 g/mol. The number of hydrogen-bond donors (Lipinski definition) is 1. The van der Waals surface area contributed by atoms with Crippen molar-refractivity contribution in [2.75, 3.05) is 6.54 Å². The molecular formula is C14H19F2NS. The van der Waals surface area contributed by atoms with Gasteiger partial charge in [-0.2, -0.15) is 0 Å². The Bertz CT molecular complexity index is 395. The number of halogens is 2. The summed E-state index contributed by atoms with van der Waals surface area (Å²) in [6.45, 7) is 3.09. The lowest BCUT2D eigenvalue weighted by atomic mass is 9.95. The molecule has 1 N–H and O–H groups in total. The summed E-state index contributed by atoms with van der Waals surface area (Å²) in [5.41, 5.74) is 0. The molecule has 2 atom stereocenters. The summed E-state index contributed by atoms with van der Waals surface area (Å²) < 4.78 is 26.4. The van der Waals surface area contributed by atoms with E-state index in [0.29, 0.717) is 16.2 Å². The highest BCUT2D eigenvalue weighted by Crippen LogP contribution is 2.35. The molecule has 4 heteroatoms. The summed E-state index contributed by atoms with van der Waals surface area (Å²) in [5.74, 6) is -0.948. The Labute approximate surface area is 111 Å². The third-order valence-electron chi connectivity index (χ3n) is 3.31. The van der Waals surface area contributed by atoms with Crippen LogP contribution < -0.4 is 5.32 Å². The summed E-state index contributed by atoms with van der Waals surface area (Å²) >= 11 is 1.55. The quantitative estimate of drug-likeness (QED) is 0.889. The fourth-order valence-electron chi connectivity index (χ4n) is 2.48. The van der Waals surface area contributed by atoms with Gasteiger partial charge in [-0.25, -0.2) is 8.78 Å². The Morgan fingerprint density at radius 3 is 2.89 bits per heavy atom. The van der Waals surface area contributed by atoms with Crippen LogP contribution in [0.25, 0.3) is 0 Å². The van der Waals surface area contributed by atoms with Crippen molar-refractivity contribution in [3.63, 3.8) is 0 Å². The summed E-state index contributed by atoms with van der Waals surface area (Å²) in [6.07, 6.45) is 4.56. The maximum atomic E-state index is 13.6. The Balaban J connectivity index is 1.96. The normalized spacial score (nSPS) is 24.2. The molecule has 18 heavy (non-hydrogen) atoms. The molecule has 0 saturated heterocycles. The van der Waals surface area contributed by atoms with Crippen LogP contribution in [0.2, 0.25) is 0 Å². The van der Waals surface area contributed by atoms with Gasteiger partial charge in [0.25, 0.3) is 0 Å². The van der Waals surface area contributed by atoms with E-state index < -0.39 is 11.6 Å². The lowest BCUT2D eigenvalue weighted by Crippen LogP contribution is -2.34. The Kier molecular flexibility index (Phi) is 5.01. The van der Waals surface area contributed by atoms with E-state index in [2.05, 4.69) is 12.2 Å². The predicted molar refractivity (Wildman–Crippen MR) is 71.9 cm³/mol. The molecule has 0 spiro atoms. The molecule has 1 saturated carbocycles. The second kappa shape index (κ2) is 6.53. The first-order chi connectivity index (χ1) is 8.69. The molecule has 100 valence electrons. The van der Waals surface area contributed by atoms with Gasteiger partial charge in [0.2, 0.25) is 0 Å². The van der Waals surface area contributed by atoms with Crippen molar-refractivity contribution in [3.8, 4) is 0 Å². The van der Waals surface area contributed by atoms with Crippen molar-refractivity contribution < 1.29 is 8.78 Å². The summed E-state index contributed by atoms with van der Waals surface area (Å²) in [7, 11) is 0. The zero-order chi connectivity index (χ0) is 13.0. The lowest BCUT2D eigenvalue weighted by Gasteiger charge is -2.29. The number of benzene rings is 1. The molecule has 0 bridgehead atoms. The maximum absolute atomic E-state index is 13.6. The van der Waals surface area contributed by atoms with Crippen LogP contribution in [0.15, 0.2) is 23.1 Å². The summed E-state index contributed by atoms with van der Waals surface area (Å²) in [6, 6.07) is 4.39. The second-order valence-electron chi connectivity index (χ2n) is 4.74. The van der Waals surface area contributed by atoms with Gasteiger partial charge in [-0.1, -0.05) is 13.3 Å². The zero-order valence-corrected chi connectivity index (χ0v) is 11.4. The van der Waals surface area contributed by atoms with Gasteiger partial charge in [0.15, 0.2) is 0 Å². The van der Waals surface area contributed by atoms with Gasteiger partial charge in [0, 0.05) is 22.3 Å². The molecule has 0 aromatic heterocycles. The van der Waals surface area contributed by atoms with Gasteiger partial charge in [-0.3, -0.25) is 0 Å².